The van der Waals surface area contributed by atoms with Crippen LogP contribution in [0.3, 0.4) is 0 Å². The Bertz CT molecular complexity index is 1390. The molecule has 0 aliphatic heterocycles. The first kappa shape index (κ1) is 24.7. The number of amides is 1. The molecule has 1 amide bonds. The molecule has 192 valence electrons. The molecule has 37 heavy (non-hydrogen) atoms. The largest absolute Gasteiger partial charge is 0.508 e. The molecular formula is C30H33N3O4. The first-order valence-electron chi connectivity index (χ1n) is 12.9. The molecule has 1 heterocycles. The standard InChI is InChI=1S/C30H33N3O4/c1-36-27-15-8-20(18-28(27)37-2)16-17-31-30(35)22-11-14-26-25(19-22)32-29(21-9-12-24(34)13-10-21)33(26)23-6-4-3-5-7-23/h8-15,18-19,23,34H,3-7,16-17H2,1-2H3,(H,31,35). The zero-order valence-electron chi connectivity index (χ0n) is 21.4. The third kappa shape index (κ3) is 5.26. The van der Waals surface area contributed by atoms with Crippen molar-refractivity contribution < 1.29 is 19.4 Å². The average molecular weight is 500 g/mol. The fraction of sp³-hybridized carbons (Fsp3) is 0.333. The van der Waals surface area contributed by atoms with E-state index in [1.54, 1.807) is 26.4 Å². The Balaban J connectivity index is 1.37. The number of hydrogen-bond acceptors (Lipinski definition) is 5. The summed E-state index contributed by atoms with van der Waals surface area (Å²) in [6.07, 6.45) is 6.60. The molecule has 1 aliphatic carbocycles. The van der Waals surface area contributed by atoms with E-state index in [2.05, 4.69) is 9.88 Å². The van der Waals surface area contributed by atoms with Gasteiger partial charge in [0.1, 0.15) is 11.6 Å². The van der Waals surface area contributed by atoms with E-state index in [1.807, 2.05) is 48.5 Å². The second kappa shape index (κ2) is 10.9. The van der Waals surface area contributed by atoms with Crippen LogP contribution in [-0.2, 0) is 6.42 Å². The van der Waals surface area contributed by atoms with Crippen molar-refractivity contribution in [3.8, 4) is 28.6 Å². The van der Waals surface area contributed by atoms with Crippen LogP contribution in [-0.4, -0.2) is 41.3 Å². The number of rotatable bonds is 8. The second-order valence-corrected chi connectivity index (χ2v) is 9.54. The topological polar surface area (TPSA) is 85.6 Å². The summed E-state index contributed by atoms with van der Waals surface area (Å²) in [5.41, 5.74) is 4.45. The van der Waals surface area contributed by atoms with E-state index in [0.717, 1.165) is 40.8 Å². The minimum Gasteiger partial charge on any atom is -0.508 e. The Morgan fingerprint density at radius 1 is 0.973 bits per heavy atom. The minimum absolute atomic E-state index is 0.124. The normalized spacial score (nSPS) is 14.0. The van der Waals surface area contributed by atoms with Crippen molar-refractivity contribution in [1.82, 2.24) is 14.9 Å². The number of benzene rings is 3. The predicted octanol–water partition coefficient (Wildman–Crippen LogP) is 5.90. The fourth-order valence-electron chi connectivity index (χ4n) is 5.22. The van der Waals surface area contributed by atoms with Crippen LogP contribution >= 0.6 is 0 Å². The van der Waals surface area contributed by atoms with Crippen molar-refractivity contribution in [2.45, 2.75) is 44.6 Å². The monoisotopic (exact) mass is 499 g/mol. The van der Waals surface area contributed by atoms with Crippen molar-refractivity contribution in [2.75, 3.05) is 20.8 Å². The van der Waals surface area contributed by atoms with Gasteiger partial charge >= 0.3 is 0 Å². The Hall–Kier alpha value is -4.00. The molecule has 0 radical (unpaired) electrons. The van der Waals surface area contributed by atoms with E-state index in [9.17, 15) is 9.90 Å². The van der Waals surface area contributed by atoms with Gasteiger partial charge in [0.2, 0.25) is 0 Å². The number of methoxy groups -OCH3 is 2. The molecule has 0 spiro atoms. The summed E-state index contributed by atoms with van der Waals surface area (Å²) in [7, 11) is 3.22. The van der Waals surface area contributed by atoms with Gasteiger partial charge in [0, 0.05) is 23.7 Å². The number of carbonyl (C=O) groups excluding carboxylic acids is 1. The zero-order valence-corrected chi connectivity index (χ0v) is 21.4. The van der Waals surface area contributed by atoms with Gasteiger partial charge in [0.15, 0.2) is 11.5 Å². The highest BCUT2D eigenvalue weighted by atomic mass is 16.5. The van der Waals surface area contributed by atoms with Gasteiger partial charge in [-0.15, -0.1) is 0 Å². The number of carbonyl (C=O) groups is 1. The molecule has 1 aliphatic rings. The molecule has 4 aromatic rings. The van der Waals surface area contributed by atoms with Crippen LogP contribution in [0.25, 0.3) is 22.4 Å². The molecule has 3 aromatic carbocycles. The predicted molar refractivity (Wildman–Crippen MR) is 145 cm³/mol. The van der Waals surface area contributed by atoms with Crippen LogP contribution in [0.15, 0.2) is 60.7 Å². The Morgan fingerprint density at radius 2 is 1.73 bits per heavy atom. The summed E-state index contributed by atoms with van der Waals surface area (Å²) < 4.78 is 13.0. The highest BCUT2D eigenvalue weighted by Crippen LogP contribution is 2.36. The molecule has 1 fully saturated rings. The van der Waals surface area contributed by atoms with Gasteiger partial charge in [-0.3, -0.25) is 4.79 Å². The van der Waals surface area contributed by atoms with Crippen molar-refractivity contribution in [3.63, 3.8) is 0 Å². The summed E-state index contributed by atoms with van der Waals surface area (Å²) in [4.78, 5) is 18.0. The number of nitrogens with one attached hydrogen (secondary N) is 1. The van der Waals surface area contributed by atoms with Gasteiger partial charge in [-0.2, -0.15) is 0 Å². The van der Waals surface area contributed by atoms with Crippen molar-refractivity contribution in [2.24, 2.45) is 0 Å². The Morgan fingerprint density at radius 3 is 2.46 bits per heavy atom. The van der Waals surface area contributed by atoms with E-state index < -0.39 is 0 Å². The first-order chi connectivity index (χ1) is 18.1. The maximum atomic E-state index is 13.0. The first-order valence-corrected chi connectivity index (χ1v) is 12.9. The molecule has 0 bridgehead atoms. The number of aromatic nitrogens is 2. The van der Waals surface area contributed by atoms with E-state index >= 15 is 0 Å². The van der Waals surface area contributed by atoms with Crippen LogP contribution in [0.1, 0.15) is 54.1 Å². The van der Waals surface area contributed by atoms with Crippen molar-refractivity contribution in [1.29, 1.82) is 0 Å². The number of phenols is 1. The number of nitrogens with zero attached hydrogens (tertiary/aromatic N) is 2. The molecule has 7 heteroatoms. The summed E-state index contributed by atoms with van der Waals surface area (Å²) in [6.45, 7) is 0.502. The highest BCUT2D eigenvalue weighted by Gasteiger charge is 2.23. The molecule has 7 nitrogen and oxygen atoms in total. The number of imidazole rings is 1. The number of hydrogen-bond donors (Lipinski definition) is 2. The average Bonchev–Trinajstić information content (AvgIpc) is 3.32. The maximum Gasteiger partial charge on any atom is 0.251 e. The lowest BCUT2D eigenvalue weighted by Crippen LogP contribution is -2.25. The van der Waals surface area contributed by atoms with Gasteiger partial charge < -0.3 is 24.5 Å². The van der Waals surface area contributed by atoms with E-state index in [-0.39, 0.29) is 11.7 Å². The molecular weight excluding hydrogens is 466 g/mol. The Labute approximate surface area is 217 Å². The SMILES string of the molecule is COc1ccc(CCNC(=O)c2ccc3c(c2)nc(-c2ccc(O)cc2)n3C2CCCCC2)cc1OC. The highest BCUT2D eigenvalue weighted by molar-refractivity contribution is 5.98. The van der Waals surface area contributed by atoms with Gasteiger partial charge in [0.05, 0.1) is 25.3 Å². The van der Waals surface area contributed by atoms with Gasteiger partial charge in [-0.05, 0) is 79.4 Å². The summed E-state index contributed by atoms with van der Waals surface area (Å²) in [6, 6.07) is 19.1. The van der Waals surface area contributed by atoms with E-state index in [0.29, 0.717) is 36.1 Å². The van der Waals surface area contributed by atoms with Crippen LogP contribution in [0, 0.1) is 0 Å². The van der Waals surface area contributed by atoms with Crippen molar-refractivity contribution >= 4 is 16.9 Å². The van der Waals surface area contributed by atoms with Crippen LogP contribution in [0.2, 0.25) is 0 Å². The number of phenolic OH excluding ortho intramolecular Hbond substituents is 1. The third-order valence-electron chi connectivity index (χ3n) is 7.16. The minimum atomic E-state index is -0.124. The summed E-state index contributed by atoms with van der Waals surface area (Å²) in [5.74, 6) is 2.35. The molecule has 5 rings (SSSR count). The lowest BCUT2D eigenvalue weighted by Gasteiger charge is -2.25. The lowest BCUT2D eigenvalue weighted by atomic mass is 9.95. The van der Waals surface area contributed by atoms with Crippen molar-refractivity contribution in [3.05, 3.63) is 71.8 Å². The summed E-state index contributed by atoms with van der Waals surface area (Å²) in [5, 5.41) is 12.8. The van der Waals surface area contributed by atoms with E-state index in [4.69, 9.17) is 14.5 Å². The third-order valence-corrected chi connectivity index (χ3v) is 7.16. The number of aromatic hydroxyl groups is 1. The van der Waals surface area contributed by atoms with E-state index in [1.165, 1.54) is 19.3 Å². The number of fused-ring (bicyclic) bond motifs is 1. The molecule has 2 N–H and O–H groups in total. The molecule has 1 aromatic heterocycles. The molecule has 1 saturated carbocycles. The zero-order chi connectivity index (χ0) is 25.8. The maximum absolute atomic E-state index is 13.0. The smallest absolute Gasteiger partial charge is 0.251 e. The second-order valence-electron chi connectivity index (χ2n) is 9.54. The van der Waals surface area contributed by atoms with Gasteiger partial charge in [-0.1, -0.05) is 25.3 Å². The fourth-order valence-corrected chi connectivity index (χ4v) is 5.22. The quantitative estimate of drug-likeness (QED) is 0.315. The van der Waals surface area contributed by atoms with Gasteiger partial charge in [0.25, 0.3) is 5.91 Å². The van der Waals surface area contributed by atoms with Crippen LogP contribution in [0.4, 0.5) is 0 Å². The molecule has 0 atom stereocenters. The van der Waals surface area contributed by atoms with Gasteiger partial charge in [-0.25, -0.2) is 4.98 Å². The van der Waals surface area contributed by atoms with Crippen LogP contribution in [0.5, 0.6) is 17.2 Å². The number of ether oxygens (including phenoxy) is 2. The molecule has 0 unspecified atom stereocenters. The summed E-state index contributed by atoms with van der Waals surface area (Å²) >= 11 is 0. The van der Waals surface area contributed by atoms with Crippen LogP contribution < -0.4 is 14.8 Å². The molecule has 0 saturated heterocycles. The lowest BCUT2D eigenvalue weighted by molar-refractivity contribution is 0.0954. The Kier molecular flexibility index (Phi) is 7.30.